The van der Waals surface area contributed by atoms with Crippen LogP contribution in [0.4, 0.5) is 0 Å². The van der Waals surface area contributed by atoms with E-state index in [1.54, 1.807) is 0 Å². The second kappa shape index (κ2) is 6.90. The summed E-state index contributed by atoms with van der Waals surface area (Å²) in [5.41, 5.74) is 5.57. The highest BCUT2D eigenvalue weighted by molar-refractivity contribution is 5.41. The van der Waals surface area contributed by atoms with E-state index >= 15 is 0 Å². The molecule has 0 radical (unpaired) electrons. The molecule has 0 aromatic heterocycles. The van der Waals surface area contributed by atoms with Crippen molar-refractivity contribution in [3.05, 3.63) is 72.4 Å². The molecule has 0 aliphatic heterocycles. The summed E-state index contributed by atoms with van der Waals surface area (Å²) in [6.07, 6.45) is 9.78. The molecule has 0 aliphatic rings. The molecule has 0 aliphatic carbocycles. The summed E-state index contributed by atoms with van der Waals surface area (Å²) < 4.78 is 0. The summed E-state index contributed by atoms with van der Waals surface area (Å²) >= 11 is 0. The number of hydrogen-bond donors (Lipinski definition) is 0. The molecule has 0 spiro atoms. The topological polar surface area (TPSA) is 0 Å². The van der Waals surface area contributed by atoms with Crippen molar-refractivity contribution in [1.29, 1.82) is 0 Å². The highest BCUT2D eigenvalue weighted by Crippen LogP contribution is 2.20. The van der Waals surface area contributed by atoms with Crippen LogP contribution in [0.5, 0.6) is 0 Å². The minimum absolute atomic E-state index is 0.928. The van der Waals surface area contributed by atoms with E-state index in [1.165, 1.54) is 22.3 Å². The van der Waals surface area contributed by atoms with Crippen LogP contribution in [0.1, 0.15) is 29.2 Å². The maximum atomic E-state index is 3.83. The van der Waals surface area contributed by atoms with Crippen molar-refractivity contribution in [2.75, 3.05) is 0 Å². The van der Waals surface area contributed by atoms with E-state index in [9.17, 15) is 0 Å². The Balaban J connectivity index is 3.24. The van der Waals surface area contributed by atoms with Crippen LogP contribution in [0.2, 0.25) is 0 Å². The molecule has 0 N–H and O–H groups in total. The van der Waals surface area contributed by atoms with Crippen molar-refractivity contribution in [3.8, 4) is 0 Å². The van der Waals surface area contributed by atoms with E-state index in [1.807, 2.05) is 18.2 Å². The molecule has 0 bridgehead atoms. The fraction of sp³-hybridized carbons (Fsp3) is 0.294. The van der Waals surface area contributed by atoms with Crippen LogP contribution in [0, 0.1) is 0 Å². The molecule has 0 heteroatoms. The zero-order valence-corrected chi connectivity index (χ0v) is 10.8. The van der Waals surface area contributed by atoms with E-state index in [-0.39, 0.29) is 0 Å². The Bertz CT molecular complexity index is 410. The number of hydrogen-bond acceptors (Lipinski definition) is 0. The zero-order valence-electron chi connectivity index (χ0n) is 10.8. The Morgan fingerprint density at radius 2 is 1.12 bits per heavy atom. The maximum absolute atomic E-state index is 3.83. The Hall–Kier alpha value is -1.56. The van der Waals surface area contributed by atoms with Gasteiger partial charge in [-0.3, -0.25) is 0 Å². The van der Waals surface area contributed by atoms with E-state index in [4.69, 9.17) is 0 Å². The zero-order chi connectivity index (χ0) is 12.7. The summed E-state index contributed by atoms with van der Waals surface area (Å²) in [5, 5.41) is 0. The Morgan fingerprint density at radius 1 is 0.765 bits per heavy atom. The van der Waals surface area contributed by atoms with Gasteiger partial charge in [-0.05, 0) is 47.9 Å². The van der Waals surface area contributed by atoms with Gasteiger partial charge in [-0.1, -0.05) is 37.3 Å². The van der Waals surface area contributed by atoms with Gasteiger partial charge >= 0.3 is 0 Å². The molecule has 0 atom stereocenters. The normalized spacial score (nSPS) is 9.94. The molecular formula is C17H22. The molecule has 0 amide bonds. The van der Waals surface area contributed by atoms with Crippen LogP contribution in [-0.4, -0.2) is 0 Å². The van der Waals surface area contributed by atoms with E-state index < -0.39 is 0 Å². The molecule has 17 heavy (non-hydrogen) atoms. The summed E-state index contributed by atoms with van der Waals surface area (Å²) in [5.74, 6) is 0. The lowest BCUT2D eigenvalue weighted by molar-refractivity contribution is 1.04. The van der Waals surface area contributed by atoms with Gasteiger partial charge in [-0.2, -0.15) is 0 Å². The number of aryl methyl sites for hydroxylation is 1. The van der Waals surface area contributed by atoms with Crippen molar-refractivity contribution in [1.82, 2.24) is 0 Å². The van der Waals surface area contributed by atoms with Gasteiger partial charge < -0.3 is 0 Å². The molecule has 1 aromatic rings. The van der Waals surface area contributed by atoms with Crippen molar-refractivity contribution in [2.24, 2.45) is 0 Å². The van der Waals surface area contributed by atoms with Crippen molar-refractivity contribution in [2.45, 2.75) is 32.6 Å². The summed E-state index contributed by atoms with van der Waals surface area (Å²) in [6.45, 7) is 13.7. The van der Waals surface area contributed by atoms with Gasteiger partial charge in [0, 0.05) is 0 Å². The molecular weight excluding hydrogens is 204 g/mol. The average Bonchev–Trinajstić information content (AvgIpc) is 2.33. The van der Waals surface area contributed by atoms with Crippen LogP contribution in [0.25, 0.3) is 0 Å². The monoisotopic (exact) mass is 226 g/mol. The van der Waals surface area contributed by atoms with Crippen molar-refractivity contribution < 1.29 is 0 Å². The minimum Gasteiger partial charge on any atom is -0.103 e. The molecule has 0 saturated carbocycles. The SMILES string of the molecule is C=CCc1cc(CC=C)c(CC=C)cc1CC. The quantitative estimate of drug-likeness (QED) is 0.603. The lowest BCUT2D eigenvalue weighted by atomic mass is 9.92. The molecule has 1 rings (SSSR count). The van der Waals surface area contributed by atoms with Crippen LogP contribution in [-0.2, 0) is 25.7 Å². The first-order valence-electron chi connectivity index (χ1n) is 6.23. The number of rotatable bonds is 7. The van der Waals surface area contributed by atoms with Gasteiger partial charge in [0.1, 0.15) is 0 Å². The summed E-state index contributed by atoms with van der Waals surface area (Å²) in [4.78, 5) is 0. The smallest absolute Gasteiger partial charge is 0.00972 e. The van der Waals surface area contributed by atoms with E-state index in [0.29, 0.717) is 0 Å². The lowest BCUT2D eigenvalue weighted by Crippen LogP contribution is -1.99. The first-order chi connectivity index (χ1) is 8.26. The summed E-state index contributed by atoms with van der Waals surface area (Å²) in [7, 11) is 0. The van der Waals surface area contributed by atoms with Crippen molar-refractivity contribution in [3.63, 3.8) is 0 Å². The highest BCUT2D eigenvalue weighted by atomic mass is 14.1. The lowest BCUT2D eigenvalue weighted by Gasteiger charge is -2.13. The van der Waals surface area contributed by atoms with Crippen LogP contribution < -0.4 is 0 Å². The molecule has 0 unspecified atom stereocenters. The van der Waals surface area contributed by atoms with Gasteiger partial charge in [0.15, 0.2) is 0 Å². The van der Waals surface area contributed by atoms with Crippen molar-refractivity contribution >= 4 is 0 Å². The largest absolute Gasteiger partial charge is 0.103 e. The number of allylic oxidation sites excluding steroid dienone is 3. The first-order valence-corrected chi connectivity index (χ1v) is 6.23. The van der Waals surface area contributed by atoms with Crippen LogP contribution >= 0.6 is 0 Å². The third kappa shape index (κ3) is 3.45. The highest BCUT2D eigenvalue weighted by Gasteiger charge is 2.06. The summed E-state index contributed by atoms with van der Waals surface area (Å²) in [6, 6.07) is 4.63. The van der Waals surface area contributed by atoms with Crippen LogP contribution in [0.3, 0.4) is 0 Å². The first kappa shape index (κ1) is 13.5. The molecule has 0 fully saturated rings. The molecule has 0 heterocycles. The third-order valence-electron chi connectivity index (χ3n) is 3.00. The predicted molar refractivity (Wildman–Crippen MR) is 77.5 cm³/mol. The molecule has 1 aromatic carbocycles. The van der Waals surface area contributed by atoms with Gasteiger partial charge in [0.2, 0.25) is 0 Å². The second-order valence-electron chi connectivity index (χ2n) is 4.22. The van der Waals surface area contributed by atoms with Crippen LogP contribution in [0.15, 0.2) is 50.1 Å². The minimum atomic E-state index is 0.928. The molecule has 0 nitrogen and oxygen atoms in total. The Labute approximate surface area is 105 Å². The predicted octanol–water partition coefficient (Wildman–Crippen LogP) is 4.43. The molecule has 0 saturated heterocycles. The van der Waals surface area contributed by atoms with E-state index in [0.717, 1.165) is 25.7 Å². The third-order valence-corrected chi connectivity index (χ3v) is 3.00. The van der Waals surface area contributed by atoms with Gasteiger partial charge in [-0.25, -0.2) is 0 Å². The Kier molecular flexibility index (Phi) is 5.48. The fourth-order valence-electron chi connectivity index (χ4n) is 2.16. The fourth-order valence-corrected chi connectivity index (χ4v) is 2.16. The van der Waals surface area contributed by atoms with Gasteiger partial charge in [0.25, 0.3) is 0 Å². The molecule has 90 valence electrons. The number of benzene rings is 1. The van der Waals surface area contributed by atoms with Gasteiger partial charge in [0.05, 0.1) is 0 Å². The van der Waals surface area contributed by atoms with E-state index in [2.05, 4.69) is 38.8 Å². The standard InChI is InChI=1S/C17H22/c1-5-9-15-13-17(11-7-3)16(10-6-2)12-14(15)8-4/h5-7,12-13H,1-3,8-11H2,4H3. The van der Waals surface area contributed by atoms with Gasteiger partial charge in [-0.15, -0.1) is 19.7 Å². The maximum Gasteiger partial charge on any atom is -0.00972 e. The second-order valence-corrected chi connectivity index (χ2v) is 4.22. The Morgan fingerprint density at radius 3 is 1.47 bits per heavy atom. The average molecular weight is 226 g/mol.